The molecule has 0 aromatic heterocycles. The van der Waals surface area contributed by atoms with E-state index < -0.39 is 0 Å². The van der Waals surface area contributed by atoms with Crippen LogP contribution in [0.1, 0.15) is 26.3 Å². The van der Waals surface area contributed by atoms with Crippen molar-refractivity contribution in [3.8, 4) is 0 Å². The molecular formula is C19H12BrNO2. The van der Waals surface area contributed by atoms with Crippen LogP contribution < -0.4 is 4.90 Å². The lowest BCUT2D eigenvalue weighted by molar-refractivity contribution is 0.0893. The molecule has 0 saturated carbocycles. The Morgan fingerprint density at radius 2 is 1.61 bits per heavy atom. The Balaban J connectivity index is 2.01. The SMILES string of the molecule is Cc1ccc(N2C(=O)c3cccc4ccc(Br)c(c34)C2=O)cc1. The molecule has 0 fully saturated rings. The number of halogens is 1. The summed E-state index contributed by atoms with van der Waals surface area (Å²) in [5.74, 6) is -0.579. The second-order valence-electron chi connectivity index (χ2n) is 5.61. The summed E-state index contributed by atoms with van der Waals surface area (Å²) < 4.78 is 0.701. The summed E-state index contributed by atoms with van der Waals surface area (Å²) in [6, 6.07) is 16.7. The number of amides is 2. The number of aryl methyl sites for hydroxylation is 1. The van der Waals surface area contributed by atoms with E-state index in [4.69, 9.17) is 0 Å². The van der Waals surface area contributed by atoms with Gasteiger partial charge in [0, 0.05) is 15.4 Å². The van der Waals surface area contributed by atoms with Gasteiger partial charge in [0.25, 0.3) is 11.8 Å². The zero-order valence-corrected chi connectivity index (χ0v) is 13.9. The van der Waals surface area contributed by atoms with Crippen LogP contribution in [0, 0.1) is 6.92 Å². The van der Waals surface area contributed by atoms with Crippen molar-refractivity contribution in [3.05, 3.63) is 75.8 Å². The highest BCUT2D eigenvalue weighted by Gasteiger charge is 2.35. The average Bonchev–Trinajstić information content (AvgIpc) is 2.55. The topological polar surface area (TPSA) is 37.4 Å². The molecule has 1 aliphatic heterocycles. The smallest absolute Gasteiger partial charge is 0.267 e. The molecule has 4 rings (SSSR count). The molecule has 0 bridgehead atoms. The van der Waals surface area contributed by atoms with E-state index in [1.165, 1.54) is 4.90 Å². The van der Waals surface area contributed by atoms with Crippen molar-refractivity contribution in [1.82, 2.24) is 0 Å². The fourth-order valence-electron chi connectivity index (χ4n) is 2.99. The molecule has 3 nitrogen and oxygen atoms in total. The third-order valence-electron chi connectivity index (χ3n) is 4.14. The summed E-state index contributed by atoms with van der Waals surface area (Å²) in [6.45, 7) is 1.97. The third kappa shape index (κ3) is 2.02. The molecule has 0 atom stereocenters. The van der Waals surface area contributed by atoms with E-state index in [-0.39, 0.29) is 11.8 Å². The fourth-order valence-corrected chi connectivity index (χ4v) is 3.49. The fraction of sp³-hybridized carbons (Fsp3) is 0.0526. The quantitative estimate of drug-likeness (QED) is 0.585. The molecule has 1 heterocycles. The first kappa shape index (κ1) is 14.2. The van der Waals surface area contributed by atoms with Gasteiger partial charge in [0.15, 0.2) is 0 Å². The van der Waals surface area contributed by atoms with E-state index in [2.05, 4.69) is 15.9 Å². The molecule has 1 aliphatic rings. The van der Waals surface area contributed by atoms with E-state index in [0.717, 1.165) is 16.3 Å². The summed E-state index contributed by atoms with van der Waals surface area (Å²) >= 11 is 3.46. The van der Waals surface area contributed by atoms with Crippen LogP contribution in [0.15, 0.2) is 59.1 Å². The average molecular weight is 366 g/mol. The first-order valence-corrected chi connectivity index (χ1v) is 8.04. The van der Waals surface area contributed by atoms with Gasteiger partial charge in [-0.2, -0.15) is 0 Å². The zero-order chi connectivity index (χ0) is 16.1. The molecule has 0 saturated heterocycles. The Hall–Kier alpha value is -2.46. The molecule has 0 N–H and O–H groups in total. The molecule has 4 heteroatoms. The lowest BCUT2D eigenvalue weighted by Crippen LogP contribution is -2.40. The summed E-state index contributed by atoms with van der Waals surface area (Å²) in [5, 5.41) is 1.62. The highest BCUT2D eigenvalue weighted by Crippen LogP contribution is 2.36. The molecule has 0 aliphatic carbocycles. The Morgan fingerprint density at radius 1 is 0.870 bits per heavy atom. The molecule has 0 unspecified atom stereocenters. The van der Waals surface area contributed by atoms with Gasteiger partial charge in [-0.1, -0.05) is 35.9 Å². The van der Waals surface area contributed by atoms with E-state index in [0.29, 0.717) is 21.3 Å². The number of nitrogens with zero attached hydrogens (tertiary/aromatic N) is 1. The number of carbonyl (C=O) groups excluding carboxylic acids is 2. The van der Waals surface area contributed by atoms with Gasteiger partial charge in [0.1, 0.15) is 0 Å². The van der Waals surface area contributed by atoms with Crippen LogP contribution in [-0.2, 0) is 0 Å². The van der Waals surface area contributed by atoms with Crippen LogP contribution >= 0.6 is 15.9 Å². The van der Waals surface area contributed by atoms with Gasteiger partial charge >= 0.3 is 0 Å². The van der Waals surface area contributed by atoms with E-state index in [1.807, 2.05) is 43.3 Å². The molecule has 3 aromatic carbocycles. The Labute approximate surface area is 141 Å². The molecule has 112 valence electrons. The summed E-state index contributed by atoms with van der Waals surface area (Å²) in [6.07, 6.45) is 0. The Bertz CT molecular complexity index is 977. The molecule has 23 heavy (non-hydrogen) atoms. The van der Waals surface area contributed by atoms with Gasteiger partial charge in [-0.05, 0) is 52.5 Å². The number of hydrogen-bond donors (Lipinski definition) is 0. The Morgan fingerprint density at radius 3 is 2.35 bits per heavy atom. The van der Waals surface area contributed by atoms with Crippen molar-refractivity contribution < 1.29 is 9.59 Å². The summed E-state index contributed by atoms with van der Waals surface area (Å²) in [4.78, 5) is 27.1. The minimum absolute atomic E-state index is 0.282. The lowest BCUT2D eigenvalue weighted by Gasteiger charge is -2.28. The first-order chi connectivity index (χ1) is 11.1. The van der Waals surface area contributed by atoms with E-state index in [9.17, 15) is 9.59 Å². The van der Waals surface area contributed by atoms with Crippen LogP contribution in [0.3, 0.4) is 0 Å². The number of anilines is 1. The van der Waals surface area contributed by atoms with Crippen molar-refractivity contribution >= 4 is 44.2 Å². The third-order valence-corrected chi connectivity index (χ3v) is 4.80. The second-order valence-corrected chi connectivity index (χ2v) is 6.46. The number of carbonyl (C=O) groups is 2. The van der Waals surface area contributed by atoms with Gasteiger partial charge in [-0.3, -0.25) is 9.59 Å². The summed E-state index contributed by atoms with van der Waals surface area (Å²) in [7, 11) is 0. The highest BCUT2D eigenvalue weighted by atomic mass is 79.9. The molecule has 0 radical (unpaired) electrons. The lowest BCUT2D eigenvalue weighted by atomic mass is 9.93. The summed E-state index contributed by atoms with van der Waals surface area (Å²) in [5.41, 5.74) is 2.76. The van der Waals surface area contributed by atoms with Crippen molar-refractivity contribution in [1.29, 1.82) is 0 Å². The van der Waals surface area contributed by atoms with Gasteiger partial charge in [0.05, 0.1) is 11.3 Å². The zero-order valence-electron chi connectivity index (χ0n) is 12.3. The van der Waals surface area contributed by atoms with Crippen LogP contribution in [0.25, 0.3) is 10.8 Å². The molecule has 3 aromatic rings. The largest absolute Gasteiger partial charge is 0.268 e. The van der Waals surface area contributed by atoms with Gasteiger partial charge < -0.3 is 0 Å². The number of benzene rings is 3. The minimum atomic E-state index is -0.296. The van der Waals surface area contributed by atoms with Crippen molar-refractivity contribution in [2.24, 2.45) is 0 Å². The van der Waals surface area contributed by atoms with Crippen LogP contribution in [0.5, 0.6) is 0 Å². The van der Waals surface area contributed by atoms with Gasteiger partial charge in [-0.25, -0.2) is 4.90 Å². The van der Waals surface area contributed by atoms with Crippen LogP contribution in [0.2, 0.25) is 0 Å². The number of hydrogen-bond acceptors (Lipinski definition) is 2. The maximum Gasteiger partial charge on any atom is 0.267 e. The van der Waals surface area contributed by atoms with Crippen molar-refractivity contribution in [2.75, 3.05) is 4.90 Å². The van der Waals surface area contributed by atoms with E-state index in [1.54, 1.807) is 18.2 Å². The maximum absolute atomic E-state index is 13.0. The standard InChI is InChI=1S/C19H12BrNO2/c1-11-5-8-13(9-6-11)21-18(22)14-4-2-3-12-7-10-15(20)17(16(12)14)19(21)23/h2-10H,1H3. The van der Waals surface area contributed by atoms with Gasteiger partial charge in [0.2, 0.25) is 0 Å². The van der Waals surface area contributed by atoms with Crippen LogP contribution in [0.4, 0.5) is 5.69 Å². The van der Waals surface area contributed by atoms with Crippen LogP contribution in [-0.4, -0.2) is 11.8 Å². The van der Waals surface area contributed by atoms with E-state index >= 15 is 0 Å². The predicted molar refractivity (Wildman–Crippen MR) is 94.0 cm³/mol. The molecule has 2 amide bonds. The predicted octanol–water partition coefficient (Wildman–Crippen LogP) is 4.71. The van der Waals surface area contributed by atoms with Crippen molar-refractivity contribution in [2.45, 2.75) is 6.92 Å². The van der Waals surface area contributed by atoms with Crippen molar-refractivity contribution in [3.63, 3.8) is 0 Å². The molecule has 0 spiro atoms. The second kappa shape index (κ2) is 5.03. The normalized spacial score (nSPS) is 13.7. The number of rotatable bonds is 1. The monoisotopic (exact) mass is 365 g/mol. The highest BCUT2D eigenvalue weighted by molar-refractivity contribution is 9.10. The minimum Gasteiger partial charge on any atom is -0.268 e. The Kier molecular flexibility index (Phi) is 3.10. The maximum atomic E-state index is 13.0. The molecular weight excluding hydrogens is 354 g/mol. The van der Waals surface area contributed by atoms with Gasteiger partial charge in [-0.15, -0.1) is 0 Å². The first-order valence-electron chi connectivity index (χ1n) is 7.24. The number of imide groups is 1.